The summed E-state index contributed by atoms with van der Waals surface area (Å²) in [5, 5.41) is 7.40. The van der Waals surface area contributed by atoms with Crippen LogP contribution in [0.5, 0.6) is 17.2 Å². The van der Waals surface area contributed by atoms with Crippen molar-refractivity contribution in [2.45, 2.75) is 18.7 Å². The Hall–Kier alpha value is -4.10. The third kappa shape index (κ3) is 4.90. The summed E-state index contributed by atoms with van der Waals surface area (Å²) >= 11 is 6.68. The first-order chi connectivity index (χ1) is 18.7. The second-order valence-corrected chi connectivity index (χ2v) is 9.66. The van der Waals surface area contributed by atoms with Crippen molar-refractivity contribution in [1.29, 1.82) is 0 Å². The fourth-order valence-corrected chi connectivity index (χ4v) is 4.82. The van der Waals surface area contributed by atoms with E-state index in [4.69, 9.17) is 21.1 Å². The quantitative estimate of drug-likeness (QED) is 0.300. The van der Waals surface area contributed by atoms with Gasteiger partial charge in [-0.05, 0) is 25.6 Å². The number of likely N-dealkylation sites (tertiary alicyclic amines) is 1. The number of ether oxygens (including phenoxy) is 2. The van der Waals surface area contributed by atoms with Gasteiger partial charge in [0, 0.05) is 44.3 Å². The van der Waals surface area contributed by atoms with Crippen LogP contribution in [0.15, 0.2) is 49.2 Å². The maximum atomic E-state index is 13.7. The molecular weight excluding hydrogens is 537 g/mol. The molecule has 5 heterocycles. The molecule has 1 aromatic carbocycles. The maximum absolute atomic E-state index is 13.7. The molecule has 6 rings (SSSR count). The zero-order valence-corrected chi connectivity index (χ0v) is 21.5. The molecule has 14 heteroatoms. The van der Waals surface area contributed by atoms with E-state index in [0.29, 0.717) is 23.3 Å². The number of rotatable bonds is 6. The van der Waals surface area contributed by atoms with Crippen molar-refractivity contribution >= 4 is 39.9 Å². The number of anilines is 2. The molecule has 0 radical (unpaired) electrons. The summed E-state index contributed by atoms with van der Waals surface area (Å²) in [6.07, 6.45) is 3.84. The van der Waals surface area contributed by atoms with Gasteiger partial charge in [-0.1, -0.05) is 11.6 Å². The lowest BCUT2D eigenvalue weighted by atomic mass is 10.1. The Morgan fingerprint density at radius 1 is 1.10 bits per heavy atom. The minimum absolute atomic E-state index is 0.126. The first-order valence-electron chi connectivity index (χ1n) is 12.0. The third-order valence-electron chi connectivity index (χ3n) is 6.46. The predicted molar refractivity (Wildman–Crippen MR) is 138 cm³/mol. The number of aromatic nitrogens is 6. The number of imidazole rings is 1. The fraction of sp³-hybridized carbons (Fsp3) is 0.280. The summed E-state index contributed by atoms with van der Waals surface area (Å²) in [5.74, 6) is 1.05. The molecule has 39 heavy (non-hydrogen) atoms. The van der Waals surface area contributed by atoms with E-state index in [1.807, 2.05) is 7.05 Å². The topological polar surface area (TPSA) is 94.6 Å². The van der Waals surface area contributed by atoms with E-state index in [1.165, 1.54) is 18.5 Å². The third-order valence-corrected chi connectivity index (χ3v) is 6.82. The number of nitrogens with one attached hydrogen (secondary N) is 1. The number of alkyl halides is 3. The Labute approximate surface area is 224 Å². The number of nitrogens with zero attached hydrogens (tertiary/aromatic N) is 7. The van der Waals surface area contributed by atoms with Crippen LogP contribution in [0.4, 0.5) is 24.8 Å². The molecule has 0 bridgehead atoms. The number of hydrogen-bond acceptors (Lipinski definition) is 8. The molecular formula is C25H22ClF3N8O2. The van der Waals surface area contributed by atoms with Crippen LogP contribution < -0.4 is 14.8 Å². The number of benzene rings is 1. The maximum Gasteiger partial charge on any atom is 0.416 e. The van der Waals surface area contributed by atoms with Crippen LogP contribution in [0, 0.1) is 0 Å². The van der Waals surface area contributed by atoms with E-state index < -0.39 is 11.7 Å². The summed E-state index contributed by atoms with van der Waals surface area (Å²) in [5.41, 5.74) is 0.686. The molecule has 10 nitrogen and oxygen atoms in total. The molecule has 1 fully saturated rings. The lowest BCUT2D eigenvalue weighted by molar-refractivity contribution is -0.137. The predicted octanol–water partition coefficient (Wildman–Crippen LogP) is 5.30. The van der Waals surface area contributed by atoms with Crippen molar-refractivity contribution in [2.24, 2.45) is 7.05 Å². The van der Waals surface area contributed by atoms with Gasteiger partial charge in [0.05, 0.1) is 24.2 Å². The SMILES string of the molecule is CN1CC[C@H](Oc2cc(Nc3nc4ncc(Oc5cnn6ccncc56)c(Cl)c4n3C)cc(C(F)(F)F)c2)C1. The molecule has 5 aromatic rings. The number of pyridine rings is 1. The molecule has 0 unspecified atom stereocenters. The minimum Gasteiger partial charge on any atom is -0.489 e. The highest BCUT2D eigenvalue weighted by Gasteiger charge is 2.32. The zero-order chi connectivity index (χ0) is 27.3. The average Bonchev–Trinajstić information content (AvgIpc) is 3.58. The van der Waals surface area contributed by atoms with Gasteiger partial charge in [0.15, 0.2) is 17.1 Å². The Kier molecular flexibility index (Phi) is 6.19. The van der Waals surface area contributed by atoms with Gasteiger partial charge in [0.2, 0.25) is 5.95 Å². The monoisotopic (exact) mass is 558 g/mol. The summed E-state index contributed by atoms with van der Waals surface area (Å²) < 4.78 is 56.2. The summed E-state index contributed by atoms with van der Waals surface area (Å²) in [6.45, 7) is 1.46. The van der Waals surface area contributed by atoms with E-state index in [9.17, 15) is 13.2 Å². The van der Waals surface area contributed by atoms with Crippen LogP contribution in [0.1, 0.15) is 12.0 Å². The van der Waals surface area contributed by atoms with Crippen LogP contribution in [0.3, 0.4) is 0 Å². The second kappa shape index (κ2) is 9.58. The number of hydrogen-bond donors (Lipinski definition) is 1. The van der Waals surface area contributed by atoms with Crippen LogP contribution in [-0.4, -0.2) is 60.3 Å². The lowest BCUT2D eigenvalue weighted by Gasteiger charge is -2.17. The van der Waals surface area contributed by atoms with Gasteiger partial charge in [0.25, 0.3) is 0 Å². The van der Waals surface area contributed by atoms with Crippen molar-refractivity contribution < 1.29 is 22.6 Å². The Morgan fingerprint density at radius 2 is 1.95 bits per heavy atom. The zero-order valence-electron chi connectivity index (χ0n) is 20.8. The molecule has 0 aliphatic carbocycles. The van der Waals surface area contributed by atoms with Crippen LogP contribution in [0.2, 0.25) is 5.02 Å². The van der Waals surface area contributed by atoms with Crippen molar-refractivity contribution in [1.82, 2.24) is 34.0 Å². The standard InChI is InChI=1S/C25H22ClF3N8O2/c1-35-5-3-16(13-35)38-17-8-14(25(27,28)29)7-15(9-17)33-24-34-23-22(36(24)2)21(26)20(11-31-23)39-19-12-32-37-6-4-30-10-18(19)37/h4,6-12,16H,3,5,13H2,1-2H3,(H,31,33,34)/t16-/m0/s1. The largest absolute Gasteiger partial charge is 0.489 e. The normalized spacial score (nSPS) is 16.3. The van der Waals surface area contributed by atoms with Crippen molar-refractivity contribution in [3.63, 3.8) is 0 Å². The van der Waals surface area contributed by atoms with E-state index in [2.05, 4.69) is 30.3 Å². The van der Waals surface area contributed by atoms with Crippen molar-refractivity contribution in [2.75, 3.05) is 25.5 Å². The molecule has 0 amide bonds. The van der Waals surface area contributed by atoms with Crippen molar-refractivity contribution in [3.8, 4) is 17.2 Å². The molecule has 0 saturated carbocycles. The van der Waals surface area contributed by atoms with Crippen molar-refractivity contribution in [3.05, 3.63) is 59.8 Å². The Balaban J connectivity index is 1.32. The number of aryl methyl sites for hydroxylation is 1. The molecule has 202 valence electrons. The molecule has 1 atom stereocenters. The highest BCUT2D eigenvalue weighted by Crippen LogP contribution is 2.38. The average molecular weight is 559 g/mol. The van der Waals surface area contributed by atoms with Gasteiger partial charge < -0.3 is 24.3 Å². The summed E-state index contributed by atoms with van der Waals surface area (Å²) in [7, 11) is 3.62. The van der Waals surface area contributed by atoms with Gasteiger partial charge in [-0.3, -0.25) is 4.98 Å². The second-order valence-electron chi connectivity index (χ2n) is 9.28. The first-order valence-corrected chi connectivity index (χ1v) is 12.3. The fourth-order valence-electron chi connectivity index (χ4n) is 4.52. The highest BCUT2D eigenvalue weighted by molar-refractivity contribution is 6.36. The van der Waals surface area contributed by atoms with Crippen LogP contribution in [0.25, 0.3) is 16.7 Å². The number of fused-ring (bicyclic) bond motifs is 2. The number of halogens is 4. The minimum atomic E-state index is -4.56. The molecule has 0 spiro atoms. The van der Waals surface area contributed by atoms with E-state index in [-0.39, 0.29) is 39.9 Å². The molecule has 1 N–H and O–H groups in total. The summed E-state index contributed by atoms with van der Waals surface area (Å²) in [6, 6.07) is 3.54. The van der Waals surface area contributed by atoms with Gasteiger partial charge in [-0.2, -0.15) is 23.3 Å². The van der Waals surface area contributed by atoms with Gasteiger partial charge in [-0.25, -0.2) is 9.50 Å². The van der Waals surface area contributed by atoms with E-state index >= 15 is 0 Å². The number of likely N-dealkylation sites (N-methyl/N-ethyl adjacent to an activating group) is 1. The highest BCUT2D eigenvalue weighted by atomic mass is 35.5. The Morgan fingerprint density at radius 3 is 2.72 bits per heavy atom. The van der Waals surface area contributed by atoms with Gasteiger partial charge in [-0.15, -0.1) is 0 Å². The van der Waals surface area contributed by atoms with Gasteiger partial charge in [0.1, 0.15) is 27.9 Å². The van der Waals surface area contributed by atoms with E-state index in [0.717, 1.165) is 25.1 Å². The lowest BCUT2D eigenvalue weighted by Crippen LogP contribution is -2.21. The van der Waals surface area contributed by atoms with Crippen LogP contribution >= 0.6 is 11.6 Å². The Bertz CT molecular complexity index is 1690. The smallest absolute Gasteiger partial charge is 0.416 e. The first kappa shape index (κ1) is 25.2. The summed E-state index contributed by atoms with van der Waals surface area (Å²) in [4.78, 5) is 14.9. The molecule has 1 aliphatic heterocycles. The molecule has 4 aromatic heterocycles. The van der Waals surface area contributed by atoms with Gasteiger partial charge >= 0.3 is 6.18 Å². The van der Waals surface area contributed by atoms with E-state index in [1.54, 1.807) is 34.7 Å². The molecule has 1 saturated heterocycles. The van der Waals surface area contributed by atoms with Crippen LogP contribution in [-0.2, 0) is 13.2 Å². The molecule has 1 aliphatic rings.